The Morgan fingerprint density at radius 2 is 1.95 bits per heavy atom. The normalized spacial score (nSPS) is 17.7. The van der Waals surface area contributed by atoms with Crippen LogP contribution in [0.1, 0.15) is 24.5 Å². The lowest BCUT2D eigenvalue weighted by Crippen LogP contribution is -2.44. The predicted octanol–water partition coefficient (Wildman–Crippen LogP) is 1.48. The first-order chi connectivity index (χ1) is 9.58. The second kappa shape index (κ2) is 4.89. The van der Waals surface area contributed by atoms with E-state index in [1.165, 1.54) is 0 Å². The zero-order valence-corrected chi connectivity index (χ0v) is 11.2. The number of aliphatic hydroxyl groups is 1. The summed E-state index contributed by atoms with van der Waals surface area (Å²) in [5.74, 6) is -0.169. The maximum absolute atomic E-state index is 11.7. The first kappa shape index (κ1) is 13.1. The van der Waals surface area contributed by atoms with E-state index >= 15 is 0 Å². The molecule has 1 aliphatic carbocycles. The molecule has 104 valence electrons. The highest BCUT2D eigenvalue weighted by atomic mass is 16.3. The number of fused-ring (bicyclic) bond motifs is 1. The molecule has 0 bridgehead atoms. The van der Waals surface area contributed by atoms with E-state index in [2.05, 4.69) is 5.32 Å². The molecule has 1 fully saturated rings. The fourth-order valence-electron chi connectivity index (χ4n) is 2.26. The molecule has 0 aromatic heterocycles. The Bertz CT molecular complexity index is 650. The summed E-state index contributed by atoms with van der Waals surface area (Å²) in [4.78, 5) is 11.7. The summed E-state index contributed by atoms with van der Waals surface area (Å²) in [5.41, 5.74) is 5.90. The average molecular weight is 270 g/mol. The van der Waals surface area contributed by atoms with Gasteiger partial charge in [-0.05, 0) is 35.2 Å². The highest BCUT2D eigenvalue weighted by molar-refractivity contribution is 5.89. The molecule has 1 unspecified atom stereocenters. The fourth-order valence-corrected chi connectivity index (χ4v) is 2.26. The highest BCUT2D eigenvalue weighted by Gasteiger charge is 2.45. The monoisotopic (exact) mass is 270 g/mol. The summed E-state index contributed by atoms with van der Waals surface area (Å²) in [6.45, 7) is 0.191. The van der Waals surface area contributed by atoms with Crippen molar-refractivity contribution in [3.63, 3.8) is 0 Å². The third-order valence-corrected chi connectivity index (χ3v) is 3.86. The topological polar surface area (TPSA) is 75.4 Å². The van der Waals surface area contributed by atoms with Gasteiger partial charge in [-0.3, -0.25) is 4.79 Å². The average Bonchev–Trinajstić information content (AvgIpc) is 3.23. The summed E-state index contributed by atoms with van der Waals surface area (Å²) >= 11 is 0. The van der Waals surface area contributed by atoms with Gasteiger partial charge in [-0.25, -0.2) is 0 Å². The van der Waals surface area contributed by atoms with Gasteiger partial charge >= 0.3 is 0 Å². The van der Waals surface area contributed by atoms with Crippen molar-refractivity contribution in [1.82, 2.24) is 5.32 Å². The van der Waals surface area contributed by atoms with Gasteiger partial charge in [0.15, 0.2) is 0 Å². The molecule has 0 saturated heterocycles. The Labute approximate surface area is 117 Å². The van der Waals surface area contributed by atoms with Crippen LogP contribution >= 0.6 is 0 Å². The summed E-state index contributed by atoms with van der Waals surface area (Å²) in [5, 5.41) is 15.1. The van der Waals surface area contributed by atoms with Crippen LogP contribution in [0.3, 0.4) is 0 Å². The number of carbonyl (C=O) groups excluding carboxylic acids is 1. The largest absolute Gasteiger partial charge is 0.387 e. The molecular weight excluding hydrogens is 252 g/mol. The van der Waals surface area contributed by atoms with E-state index in [0.717, 1.165) is 29.2 Å². The molecule has 2 aromatic carbocycles. The Balaban J connectivity index is 1.68. The smallest absolute Gasteiger partial charge is 0.240 e. The molecule has 0 radical (unpaired) electrons. The van der Waals surface area contributed by atoms with Gasteiger partial charge in [0.25, 0.3) is 0 Å². The Kier molecular flexibility index (Phi) is 3.20. The molecule has 0 aliphatic heterocycles. The van der Waals surface area contributed by atoms with E-state index in [-0.39, 0.29) is 12.5 Å². The van der Waals surface area contributed by atoms with Gasteiger partial charge in [-0.15, -0.1) is 0 Å². The van der Waals surface area contributed by atoms with Crippen LogP contribution in [-0.2, 0) is 4.79 Å². The van der Waals surface area contributed by atoms with Crippen molar-refractivity contribution >= 4 is 16.7 Å². The number of carbonyl (C=O) groups is 1. The summed E-state index contributed by atoms with van der Waals surface area (Å²) < 4.78 is 0. The summed E-state index contributed by atoms with van der Waals surface area (Å²) in [6, 6.07) is 13.8. The van der Waals surface area contributed by atoms with Crippen molar-refractivity contribution in [2.24, 2.45) is 5.73 Å². The van der Waals surface area contributed by atoms with Gasteiger partial charge in [-0.2, -0.15) is 0 Å². The molecular formula is C16H18N2O2. The molecule has 0 spiro atoms. The van der Waals surface area contributed by atoms with Crippen LogP contribution in [0.4, 0.5) is 0 Å². The number of hydrogen-bond donors (Lipinski definition) is 3. The lowest BCUT2D eigenvalue weighted by atomic mass is 10.0. The van der Waals surface area contributed by atoms with Gasteiger partial charge in [0.1, 0.15) is 0 Å². The van der Waals surface area contributed by atoms with Crippen molar-refractivity contribution in [2.75, 3.05) is 6.54 Å². The number of nitrogens with two attached hydrogens (primary N) is 1. The van der Waals surface area contributed by atoms with Gasteiger partial charge < -0.3 is 16.2 Å². The minimum absolute atomic E-state index is 0.169. The van der Waals surface area contributed by atoms with Crippen LogP contribution in [0.2, 0.25) is 0 Å². The summed E-state index contributed by atoms with van der Waals surface area (Å²) in [6.07, 6.45) is 0.737. The molecule has 1 aliphatic rings. The second-order valence-corrected chi connectivity index (χ2v) is 5.49. The number of hydrogen-bond acceptors (Lipinski definition) is 3. The third kappa shape index (κ3) is 2.53. The van der Waals surface area contributed by atoms with Crippen LogP contribution in [0.5, 0.6) is 0 Å². The third-order valence-electron chi connectivity index (χ3n) is 3.86. The molecule has 20 heavy (non-hydrogen) atoms. The van der Waals surface area contributed by atoms with E-state index in [1.807, 2.05) is 42.5 Å². The number of nitrogens with one attached hydrogen (secondary N) is 1. The molecule has 4 N–H and O–H groups in total. The van der Waals surface area contributed by atoms with Gasteiger partial charge in [-0.1, -0.05) is 36.4 Å². The van der Waals surface area contributed by atoms with Crippen molar-refractivity contribution in [2.45, 2.75) is 24.5 Å². The molecule has 3 rings (SSSR count). The number of aliphatic hydroxyl groups excluding tert-OH is 1. The maximum Gasteiger partial charge on any atom is 0.240 e. The van der Waals surface area contributed by atoms with Crippen LogP contribution in [0, 0.1) is 0 Å². The van der Waals surface area contributed by atoms with E-state index in [0.29, 0.717) is 0 Å². The maximum atomic E-state index is 11.7. The van der Waals surface area contributed by atoms with Crippen LogP contribution in [-0.4, -0.2) is 23.1 Å². The molecule has 4 heteroatoms. The minimum atomic E-state index is -0.717. The Hall–Kier alpha value is -1.91. The Morgan fingerprint density at radius 3 is 2.65 bits per heavy atom. The summed E-state index contributed by atoms with van der Waals surface area (Å²) in [7, 11) is 0. The van der Waals surface area contributed by atoms with E-state index in [4.69, 9.17) is 5.73 Å². The molecule has 1 atom stereocenters. The zero-order chi connectivity index (χ0) is 14.2. The van der Waals surface area contributed by atoms with Crippen molar-refractivity contribution < 1.29 is 9.90 Å². The predicted molar refractivity (Wildman–Crippen MR) is 78.1 cm³/mol. The fraction of sp³-hybridized carbons (Fsp3) is 0.312. The number of rotatable bonds is 4. The van der Waals surface area contributed by atoms with Gasteiger partial charge in [0, 0.05) is 6.54 Å². The van der Waals surface area contributed by atoms with E-state index in [1.54, 1.807) is 0 Å². The van der Waals surface area contributed by atoms with Crippen molar-refractivity contribution in [3.05, 3.63) is 48.0 Å². The minimum Gasteiger partial charge on any atom is -0.387 e. The second-order valence-electron chi connectivity index (χ2n) is 5.49. The first-order valence-corrected chi connectivity index (χ1v) is 6.82. The van der Waals surface area contributed by atoms with Crippen LogP contribution < -0.4 is 11.1 Å². The number of benzene rings is 2. The van der Waals surface area contributed by atoms with Crippen LogP contribution in [0.25, 0.3) is 10.8 Å². The zero-order valence-electron chi connectivity index (χ0n) is 11.2. The molecule has 4 nitrogen and oxygen atoms in total. The van der Waals surface area contributed by atoms with E-state index in [9.17, 15) is 9.90 Å². The molecule has 1 amide bonds. The quantitative estimate of drug-likeness (QED) is 0.787. The lowest BCUT2D eigenvalue weighted by Gasteiger charge is -2.15. The van der Waals surface area contributed by atoms with E-state index < -0.39 is 11.6 Å². The highest BCUT2D eigenvalue weighted by Crippen LogP contribution is 2.32. The van der Waals surface area contributed by atoms with Crippen molar-refractivity contribution in [3.8, 4) is 0 Å². The molecule has 2 aromatic rings. The van der Waals surface area contributed by atoms with Gasteiger partial charge in [0.2, 0.25) is 5.91 Å². The van der Waals surface area contributed by atoms with Crippen molar-refractivity contribution in [1.29, 1.82) is 0 Å². The molecule has 1 saturated carbocycles. The lowest BCUT2D eigenvalue weighted by molar-refractivity contribution is -0.123. The first-order valence-electron chi connectivity index (χ1n) is 6.82. The van der Waals surface area contributed by atoms with Gasteiger partial charge in [0.05, 0.1) is 11.6 Å². The SMILES string of the molecule is NC1(C(=O)NCC(O)c2ccc3ccccc3c2)CC1. The standard InChI is InChI=1S/C16H18N2O2/c17-16(7-8-16)15(20)18-10-14(19)13-6-5-11-3-1-2-4-12(11)9-13/h1-6,9,14,19H,7-8,10,17H2,(H,18,20). The van der Waals surface area contributed by atoms with Crippen LogP contribution in [0.15, 0.2) is 42.5 Å². The Morgan fingerprint density at radius 1 is 1.25 bits per heavy atom. The molecule has 0 heterocycles. The number of amides is 1.